The molecule has 0 aliphatic heterocycles. The van der Waals surface area contributed by atoms with Gasteiger partial charge in [-0.3, -0.25) is 4.79 Å². The molecule has 0 spiro atoms. The Bertz CT molecular complexity index is 844. The van der Waals surface area contributed by atoms with Gasteiger partial charge in [0.05, 0.1) is 17.4 Å². The summed E-state index contributed by atoms with van der Waals surface area (Å²) in [5.74, 6) is -1.26. The minimum absolute atomic E-state index is 0.00825. The van der Waals surface area contributed by atoms with Gasteiger partial charge in [-0.25, -0.2) is 13.1 Å². The van der Waals surface area contributed by atoms with Crippen molar-refractivity contribution in [2.75, 3.05) is 0 Å². The zero-order chi connectivity index (χ0) is 17.7. The molecule has 1 unspecified atom stereocenters. The first-order valence-electron chi connectivity index (χ1n) is 7.19. The van der Waals surface area contributed by atoms with Gasteiger partial charge >= 0.3 is 5.97 Å². The number of rotatable bonds is 7. The van der Waals surface area contributed by atoms with Gasteiger partial charge in [0.2, 0.25) is 10.0 Å². The van der Waals surface area contributed by atoms with E-state index in [1.54, 1.807) is 30.3 Å². The predicted molar refractivity (Wildman–Crippen MR) is 89.0 cm³/mol. The predicted octanol–water partition coefficient (Wildman–Crippen LogP) is 1.98. The normalized spacial score (nSPS) is 12.5. The van der Waals surface area contributed by atoms with E-state index in [2.05, 4.69) is 4.72 Å². The fourth-order valence-corrected chi connectivity index (χ4v) is 3.64. The van der Waals surface area contributed by atoms with Crippen LogP contribution in [0, 0.1) is 6.92 Å². The van der Waals surface area contributed by atoms with E-state index in [1.165, 1.54) is 6.07 Å². The third-order valence-corrected chi connectivity index (χ3v) is 4.95. The largest absolute Gasteiger partial charge is 0.481 e. The number of benzene rings is 2. The Morgan fingerprint density at radius 2 is 1.79 bits per heavy atom. The highest BCUT2D eigenvalue weighted by Crippen LogP contribution is 2.27. The summed E-state index contributed by atoms with van der Waals surface area (Å²) < 4.78 is 27.3. The molecule has 0 aliphatic carbocycles. The molecule has 7 heteroatoms. The van der Waals surface area contributed by atoms with Crippen molar-refractivity contribution in [2.24, 2.45) is 0 Å². The van der Waals surface area contributed by atoms with Crippen molar-refractivity contribution in [1.29, 1.82) is 0 Å². The van der Waals surface area contributed by atoms with Crippen LogP contribution in [0.3, 0.4) is 0 Å². The van der Waals surface area contributed by atoms with E-state index in [0.717, 1.165) is 5.56 Å². The van der Waals surface area contributed by atoms with Gasteiger partial charge in [0, 0.05) is 5.56 Å². The maximum absolute atomic E-state index is 12.6. The van der Waals surface area contributed by atoms with Gasteiger partial charge < -0.3 is 9.90 Å². The molecule has 0 amide bonds. The molecular formula is C17H17NO5S. The Balaban J connectivity index is 2.42. The van der Waals surface area contributed by atoms with Gasteiger partial charge in [0.15, 0.2) is 0 Å². The number of carbonyl (C=O) groups is 2. The summed E-state index contributed by atoms with van der Waals surface area (Å²) in [5.41, 5.74) is 2.23. The maximum Gasteiger partial charge on any atom is 0.305 e. The molecule has 2 rings (SSSR count). The van der Waals surface area contributed by atoms with Crippen LogP contribution in [0.4, 0.5) is 0 Å². The van der Waals surface area contributed by atoms with Crippen molar-refractivity contribution >= 4 is 22.3 Å². The van der Waals surface area contributed by atoms with Crippen molar-refractivity contribution in [3.63, 3.8) is 0 Å². The molecular weight excluding hydrogens is 330 g/mol. The lowest BCUT2D eigenvalue weighted by Gasteiger charge is -2.14. The molecule has 2 aromatic carbocycles. The van der Waals surface area contributed by atoms with Gasteiger partial charge in [0.25, 0.3) is 0 Å². The highest BCUT2D eigenvalue weighted by atomic mass is 32.2. The standard InChI is InChI=1S/C17H17NO5S/c1-12-6-8-13(9-7-12)15-4-2-3-5-16(15)24(22,23)18-14(11-19)10-17(20)21/h2-9,11,14,18H,10H2,1H3,(H,20,21). The smallest absolute Gasteiger partial charge is 0.305 e. The van der Waals surface area contributed by atoms with Crippen LogP contribution < -0.4 is 4.72 Å². The molecule has 2 aromatic rings. The summed E-state index contributed by atoms with van der Waals surface area (Å²) in [6.45, 7) is 1.93. The zero-order valence-electron chi connectivity index (χ0n) is 13.0. The van der Waals surface area contributed by atoms with Gasteiger partial charge in [-0.2, -0.15) is 0 Å². The summed E-state index contributed by atoms with van der Waals surface area (Å²) in [6, 6.07) is 12.4. The molecule has 1 atom stereocenters. The van der Waals surface area contributed by atoms with Gasteiger partial charge in [-0.1, -0.05) is 48.0 Å². The fourth-order valence-electron chi connectivity index (χ4n) is 2.24. The lowest BCUT2D eigenvalue weighted by atomic mass is 10.0. The first-order valence-corrected chi connectivity index (χ1v) is 8.67. The first-order chi connectivity index (χ1) is 11.3. The molecule has 0 bridgehead atoms. The summed E-state index contributed by atoms with van der Waals surface area (Å²) in [7, 11) is -4.05. The lowest BCUT2D eigenvalue weighted by molar-refractivity contribution is -0.138. The van der Waals surface area contributed by atoms with Crippen LogP contribution in [0.1, 0.15) is 12.0 Å². The minimum Gasteiger partial charge on any atom is -0.481 e. The topological polar surface area (TPSA) is 101 Å². The van der Waals surface area contributed by atoms with Crippen molar-refractivity contribution in [3.8, 4) is 11.1 Å². The molecule has 2 N–H and O–H groups in total. The molecule has 126 valence electrons. The van der Waals surface area contributed by atoms with E-state index in [4.69, 9.17) is 5.11 Å². The van der Waals surface area contributed by atoms with E-state index in [-0.39, 0.29) is 11.2 Å². The van der Waals surface area contributed by atoms with E-state index < -0.39 is 28.5 Å². The van der Waals surface area contributed by atoms with Gasteiger partial charge in [0.1, 0.15) is 6.29 Å². The van der Waals surface area contributed by atoms with E-state index >= 15 is 0 Å². The summed E-state index contributed by atoms with van der Waals surface area (Å²) >= 11 is 0. The van der Waals surface area contributed by atoms with Crippen LogP contribution in [0.5, 0.6) is 0 Å². The summed E-state index contributed by atoms with van der Waals surface area (Å²) in [6.07, 6.45) is -0.338. The van der Waals surface area contributed by atoms with E-state index in [9.17, 15) is 18.0 Å². The molecule has 0 aromatic heterocycles. The van der Waals surface area contributed by atoms with Crippen molar-refractivity contribution in [2.45, 2.75) is 24.3 Å². The molecule has 0 saturated carbocycles. The van der Waals surface area contributed by atoms with Gasteiger partial charge in [-0.05, 0) is 18.6 Å². The second kappa shape index (κ2) is 7.37. The number of aldehydes is 1. The number of sulfonamides is 1. The Labute approximate surface area is 140 Å². The number of hydrogen-bond acceptors (Lipinski definition) is 4. The number of nitrogens with one attached hydrogen (secondary N) is 1. The van der Waals surface area contributed by atoms with Crippen molar-refractivity contribution in [3.05, 3.63) is 54.1 Å². The number of aliphatic carboxylic acids is 1. The first kappa shape index (κ1) is 17.8. The lowest BCUT2D eigenvalue weighted by Crippen LogP contribution is -2.37. The minimum atomic E-state index is -4.05. The monoisotopic (exact) mass is 347 g/mol. The number of aryl methyl sites for hydroxylation is 1. The highest BCUT2D eigenvalue weighted by molar-refractivity contribution is 7.89. The van der Waals surface area contributed by atoms with Gasteiger partial charge in [-0.15, -0.1) is 0 Å². The number of carbonyl (C=O) groups excluding carboxylic acids is 1. The molecule has 24 heavy (non-hydrogen) atoms. The molecule has 0 saturated heterocycles. The third-order valence-electron chi connectivity index (χ3n) is 3.40. The average Bonchev–Trinajstić information content (AvgIpc) is 2.54. The summed E-state index contributed by atoms with van der Waals surface area (Å²) in [4.78, 5) is 21.7. The number of hydrogen-bond donors (Lipinski definition) is 2. The second-order valence-electron chi connectivity index (χ2n) is 5.32. The van der Waals surface area contributed by atoms with Crippen molar-refractivity contribution in [1.82, 2.24) is 4.72 Å². The zero-order valence-corrected chi connectivity index (χ0v) is 13.8. The molecule has 0 heterocycles. The third kappa shape index (κ3) is 4.27. The van der Waals surface area contributed by atoms with E-state index in [0.29, 0.717) is 11.1 Å². The Morgan fingerprint density at radius 1 is 1.17 bits per heavy atom. The van der Waals surface area contributed by atoms with Crippen LogP contribution in [0.15, 0.2) is 53.4 Å². The van der Waals surface area contributed by atoms with Crippen molar-refractivity contribution < 1.29 is 23.1 Å². The van der Waals surface area contributed by atoms with Crippen LogP contribution in [0.2, 0.25) is 0 Å². The van der Waals surface area contributed by atoms with Crippen LogP contribution in [0.25, 0.3) is 11.1 Å². The maximum atomic E-state index is 12.6. The van der Waals surface area contributed by atoms with E-state index in [1.807, 2.05) is 19.1 Å². The number of carboxylic acid groups (broad SMARTS) is 1. The highest BCUT2D eigenvalue weighted by Gasteiger charge is 2.24. The van der Waals surface area contributed by atoms with Crippen LogP contribution >= 0.6 is 0 Å². The second-order valence-corrected chi connectivity index (χ2v) is 7.01. The molecule has 0 radical (unpaired) electrons. The average molecular weight is 347 g/mol. The Morgan fingerprint density at radius 3 is 2.38 bits per heavy atom. The van der Waals surface area contributed by atoms with Crippen LogP contribution in [-0.4, -0.2) is 31.8 Å². The molecule has 0 fully saturated rings. The summed E-state index contributed by atoms with van der Waals surface area (Å²) in [5, 5.41) is 8.75. The fraction of sp³-hybridized carbons (Fsp3) is 0.176. The molecule has 6 nitrogen and oxygen atoms in total. The SMILES string of the molecule is Cc1ccc(-c2ccccc2S(=O)(=O)NC(C=O)CC(=O)O)cc1. The Hall–Kier alpha value is -2.51. The Kier molecular flexibility index (Phi) is 5.48. The van der Waals surface area contributed by atoms with Crippen LogP contribution in [-0.2, 0) is 19.6 Å². The quantitative estimate of drug-likeness (QED) is 0.746. The number of carboxylic acids is 1. The molecule has 0 aliphatic rings.